The van der Waals surface area contributed by atoms with Crippen LogP contribution in [0.1, 0.15) is 12.5 Å². The quantitative estimate of drug-likeness (QED) is 0.493. The predicted octanol–water partition coefficient (Wildman–Crippen LogP) is 2.80. The molecule has 142 valence electrons. The SMILES string of the molecule is CC(=O)NCCNC(=O)C=Cc1cn(-c2ccccc2)nc1-c1ccccc1. The summed E-state index contributed by atoms with van der Waals surface area (Å²) >= 11 is 0. The average Bonchev–Trinajstić information content (AvgIpc) is 3.15. The van der Waals surface area contributed by atoms with E-state index in [-0.39, 0.29) is 11.8 Å². The number of hydrogen-bond acceptors (Lipinski definition) is 3. The zero-order valence-electron chi connectivity index (χ0n) is 15.6. The van der Waals surface area contributed by atoms with Gasteiger partial charge in [-0.1, -0.05) is 48.5 Å². The van der Waals surface area contributed by atoms with Gasteiger partial charge in [0.2, 0.25) is 11.8 Å². The van der Waals surface area contributed by atoms with E-state index in [1.54, 1.807) is 10.8 Å². The van der Waals surface area contributed by atoms with Gasteiger partial charge in [0, 0.05) is 43.4 Å². The summed E-state index contributed by atoms with van der Waals surface area (Å²) in [4.78, 5) is 22.9. The average molecular weight is 374 g/mol. The number of hydrogen-bond donors (Lipinski definition) is 2. The lowest BCUT2D eigenvalue weighted by Gasteiger charge is -2.02. The van der Waals surface area contributed by atoms with Gasteiger partial charge >= 0.3 is 0 Å². The van der Waals surface area contributed by atoms with Gasteiger partial charge in [-0.05, 0) is 18.2 Å². The molecule has 2 aromatic carbocycles. The van der Waals surface area contributed by atoms with Gasteiger partial charge in [0.25, 0.3) is 0 Å². The Kier molecular flexibility index (Phi) is 6.36. The monoisotopic (exact) mass is 374 g/mol. The molecule has 2 amide bonds. The van der Waals surface area contributed by atoms with Crippen LogP contribution in [0, 0.1) is 0 Å². The van der Waals surface area contributed by atoms with Crippen molar-refractivity contribution in [2.75, 3.05) is 13.1 Å². The molecule has 0 aliphatic rings. The predicted molar refractivity (Wildman–Crippen MR) is 110 cm³/mol. The van der Waals surface area contributed by atoms with Crippen molar-refractivity contribution in [3.05, 3.63) is 78.5 Å². The summed E-state index contributed by atoms with van der Waals surface area (Å²) < 4.78 is 1.80. The van der Waals surface area contributed by atoms with E-state index in [0.717, 1.165) is 22.5 Å². The van der Waals surface area contributed by atoms with Crippen molar-refractivity contribution in [1.29, 1.82) is 0 Å². The van der Waals surface area contributed by atoms with Crippen LogP contribution in [0.2, 0.25) is 0 Å². The number of carbonyl (C=O) groups excluding carboxylic acids is 2. The zero-order valence-corrected chi connectivity index (χ0v) is 15.6. The van der Waals surface area contributed by atoms with Gasteiger partial charge in [0.05, 0.1) is 11.4 Å². The van der Waals surface area contributed by atoms with Gasteiger partial charge in [-0.2, -0.15) is 5.10 Å². The number of nitrogens with zero attached hydrogens (tertiary/aromatic N) is 2. The van der Waals surface area contributed by atoms with Crippen LogP contribution in [-0.2, 0) is 9.59 Å². The van der Waals surface area contributed by atoms with Gasteiger partial charge in [-0.3, -0.25) is 9.59 Å². The van der Waals surface area contributed by atoms with Gasteiger partial charge in [-0.25, -0.2) is 4.68 Å². The second kappa shape index (κ2) is 9.32. The van der Waals surface area contributed by atoms with E-state index in [2.05, 4.69) is 10.6 Å². The van der Waals surface area contributed by atoms with Crippen LogP contribution < -0.4 is 10.6 Å². The normalized spacial score (nSPS) is 10.8. The van der Waals surface area contributed by atoms with Crippen LogP contribution in [0.5, 0.6) is 0 Å². The van der Waals surface area contributed by atoms with Crippen LogP contribution in [0.3, 0.4) is 0 Å². The maximum Gasteiger partial charge on any atom is 0.244 e. The summed E-state index contributed by atoms with van der Waals surface area (Å²) in [6.07, 6.45) is 5.13. The van der Waals surface area contributed by atoms with Crippen molar-refractivity contribution in [1.82, 2.24) is 20.4 Å². The molecule has 6 heteroatoms. The molecule has 0 fully saturated rings. The summed E-state index contributed by atoms with van der Waals surface area (Å²) in [7, 11) is 0. The Morgan fingerprint density at radius 2 is 1.61 bits per heavy atom. The lowest BCUT2D eigenvalue weighted by atomic mass is 10.1. The number of amides is 2. The molecule has 6 nitrogen and oxygen atoms in total. The van der Waals surface area contributed by atoms with Gasteiger partial charge in [-0.15, -0.1) is 0 Å². The molecule has 2 N–H and O–H groups in total. The number of carbonyl (C=O) groups is 2. The zero-order chi connectivity index (χ0) is 19.8. The van der Waals surface area contributed by atoms with Crippen LogP contribution in [0.15, 0.2) is 72.9 Å². The third kappa shape index (κ3) is 5.17. The van der Waals surface area contributed by atoms with E-state index in [1.807, 2.05) is 66.9 Å². The third-order valence-electron chi connectivity index (χ3n) is 4.02. The second-order valence-electron chi connectivity index (χ2n) is 6.19. The molecule has 28 heavy (non-hydrogen) atoms. The van der Waals surface area contributed by atoms with Gasteiger partial charge in [0.15, 0.2) is 0 Å². The summed E-state index contributed by atoms with van der Waals surface area (Å²) in [5.74, 6) is -0.345. The first-order valence-electron chi connectivity index (χ1n) is 9.04. The molecule has 0 bridgehead atoms. The van der Waals surface area contributed by atoms with Crippen LogP contribution in [-0.4, -0.2) is 34.7 Å². The largest absolute Gasteiger partial charge is 0.355 e. The number of para-hydroxylation sites is 1. The second-order valence-corrected chi connectivity index (χ2v) is 6.19. The van der Waals surface area contributed by atoms with E-state index in [0.29, 0.717) is 13.1 Å². The number of rotatable bonds is 7. The highest BCUT2D eigenvalue weighted by Gasteiger charge is 2.10. The van der Waals surface area contributed by atoms with Crippen molar-refractivity contribution < 1.29 is 9.59 Å². The fourth-order valence-electron chi connectivity index (χ4n) is 2.69. The summed E-state index contributed by atoms with van der Waals surface area (Å²) in [5, 5.41) is 10.1. The maximum atomic E-state index is 12.0. The van der Waals surface area contributed by atoms with E-state index in [1.165, 1.54) is 13.0 Å². The van der Waals surface area contributed by atoms with Crippen molar-refractivity contribution in [3.8, 4) is 16.9 Å². The summed E-state index contributed by atoms with van der Waals surface area (Å²) in [6, 6.07) is 19.7. The molecule has 1 aromatic heterocycles. The Morgan fingerprint density at radius 3 is 2.29 bits per heavy atom. The Bertz CT molecular complexity index is 963. The molecule has 0 unspecified atom stereocenters. The Hall–Kier alpha value is -3.67. The molecule has 0 aliphatic heterocycles. The molecule has 0 atom stereocenters. The van der Waals surface area contributed by atoms with Crippen LogP contribution >= 0.6 is 0 Å². The van der Waals surface area contributed by atoms with Crippen molar-refractivity contribution in [2.24, 2.45) is 0 Å². The van der Waals surface area contributed by atoms with Crippen molar-refractivity contribution in [2.45, 2.75) is 6.92 Å². The minimum absolute atomic E-state index is 0.120. The van der Waals surface area contributed by atoms with Crippen molar-refractivity contribution in [3.63, 3.8) is 0 Å². The molecule has 0 saturated carbocycles. The van der Waals surface area contributed by atoms with Crippen LogP contribution in [0.4, 0.5) is 0 Å². The molecule has 0 spiro atoms. The van der Waals surface area contributed by atoms with E-state index in [4.69, 9.17) is 5.10 Å². The Balaban J connectivity index is 1.80. The molecule has 0 saturated heterocycles. The molecule has 1 heterocycles. The van der Waals surface area contributed by atoms with Crippen molar-refractivity contribution >= 4 is 17.9 Å². The highest BCUT2D eigenvalue weighted by atomic mass is 16.2. The molecule has 3 rings (SSSR count). The first-order valence-corrected chi connectivity index (χ1v) is 9.04. The first-order chi connectivity index (χ1) is 13.6. The summed E-state index contributed by atoms with van der Waals surface area (Å²) in [6.45, 7) is 2.21. The van der Waals surface area contributed by atoms with E-state index in [9.17, 15) is 9.59 Å². The van der Waals surface area contributed by atoms with Crippen LogP contribution in [0.25, 0.3) is 23.0 Å². The third-order valence-corrected chi connectivity index (χ3v) is 4.02. The Morgan fingerprint density at radius 1 is 0.964 bits per heavy atom. The minimum atomic E-state index is -0.225. The first kappa shape index (κ1) is 19.1. The summed E-state index contributed by atoms with van der Waals surface area (Å²) in [5.41, 5.74) is 3.56. The molecular formula is C22H22N4O2. The Labute approximate surface area is 163 Å². The lowest BCUT2D eigenvalue weighted by molar-refractivity contribution is -0.119. The lowest BCUT2D eigenvalue weighted by Crippen LogP contribution is -2.32. The fraction of sp³-hybridized carbons (Fsp3) is 0.136. The maximum absolute atomic E-state index is 12.0. The minimum Gasteiger partial charge on any atom is -0.355 e. The molecule has 0 radical (unpaired) electrons. The molecule has 3 aromatic rings. The molecule has 0 aliphatic carbocycles. The highest BCUT2D eigenvalue weighted by molar-refractivity contribution is 5.92. The molecular weight excluding hydrogens is 352 g/mol. The van der Waals surface area contributed by atoms with Gasteiger partial charge < -0.3 is 10.6 Å². The topological polar surface area (TPSA) is 76.0 Å². The number of nitrogens with one attached hydrogen (secondary N) is 2. The van der Waals surface area contributed by atoms with Gasteiger partial charge in [0.1, 0.15) is 0 Å². The van der Waals surface area contributed by atoms with E-state index < -0.39 is 0 Å². The number of aromatic nitrogens is 2. The number of benzene rings is 2. The highest BCUT2D eigenvalue weighted by Crippen LogP contribution is 2.24. The fourth-order valence-corrected chi connectivity index (χ4v) is 2.69. The standard InChI is InChI=1S/C22H22N4O2/c1-17(27)23-14-15-24-21(28)13-12-19-16-26(20-10-6-3-7-11-20)25-22(19)18-8-4-2-5-9-18/h2-13,16H,14-15H2,1H3,(H,23,27)(H,24,28). The van der Waals surface area contributed by atoms with E-state index >= 15 is 0 Å². The smallest absolute Gasteiger partial charge is 0.244 e.